The third-order valence-corrected chi connectivity index (χ3v) is 4.46. The van der Waals surface area contributed by atoms with Crippen molar-refractivity contribution in [2.45, 2.75) is 12.1 Å². The molecule has 0 aliphatic carbocycles. The van der Waals surface area contributed by atoms with Crippen molar-refractivity contribution in [3.8, 4) is 17.6 Å². The van der Waals surface area contributed by atoms with Crippen LogP contribution in [-0.4, -0.2) is 6.79 Å². The van der Waals surface area contributed by atoms with Crippen molar-refractivity contribution in [1.29, 1.82) is 5.26 Å². The molecule has 0 radical (unpaired) electrons. The first-order chi connectivity index (χ1) is 12.8. The highest BCUT2D eigenvalue weighted by Gasteiger charge is 2.22. The second-order valence-electron chi connectivity index (χ2n) is 6.10. The van der Waals surface area contributed by atoms with Gasteiger partial charge in [-0.25, -0.2) is 0 Å². The fourth-order valence-electron chi connectivity index (χ4n) is 3.14. The summed E-state index contributed by atoms with van der Waals surface area (Å²) in [4.78, 5) is 0. The lowest BCUT2D eigenvalue weighted by Gasteiger charge is -2.23. The van der Waals surface area contributed by atoms with Crippen molar-refractivity contribution in [1.82, 2.24) is 5.32 Å². The molecule has 0 aromatic heterocycles. The standard InChI is InChI=1S/C22H18N2O2/c23-14-19(18-11-12-20-21(13-18)26-15-25-20)24-22(16-7-3-1-4-8-16)17-9-5-2-6-10-17/h1-13,19,22,24H,15H2. The molecule has 0 saturated carbocycles. The maximum absolute atomic E-state index is 9.79. The van der Waals surface area contributed by atoms with E-state index in [-0.39, 0.29) is 12.8 Å². The zero-order valence-corrected chi connectivity index (χ0v) is 14.1. The second-order valence-corrected chi connectivity index (χ2v) is 6.10. The number of hydrogen-bond acceptors (Lipinski definition) is 4. The summed E-state index contributed by atoms with van der Waals surface area (Å²) in [5.41, 5.74) is 3.08. The topological polar surface area (TPSA) is 54.3 Å². The molecule has 3 aromatic carbocycles. The molecule has 4 rings (SSSR count). The van der Waals surface area contributed by atoms with Crippen LogP contribution >= 0.6 is 0 Å². The second kappa shape index (κ2) is 7.30. The monoisotopic (exact) mass is 342 g/mol. The van der Waals surface area contributed by atoms with E-state index in [1.54, 1.807) is 0 Å². The summed E-state index contributed by atoms with van der Waals surface area (Å²) in [7, 11) is 0. The summed E-state index contributed by atoms with van der Waals surface area (Å²) >= 11 is 0. The van der Waals surface area contributed by atoms with Gasteiger partial charge in [0.05, 0.1) is 12.1 Å². The lowest BCUT2D eigenvalue weighted by Crippen LogP contribution is -2.26. The number of benzene rings is 3. The summed E-state index contributed by atoms with van der Waals surface area (Å²) < 4.78 is 10.8. The van der Waals surface area contributed by atoms with Crippen LogP contribution in [0.4, 0.5) is 0 Å². The van der Waals surface area contributed by atoms with E-state index in [4.69, 9.17) is 9.47 Å². The van der Waals surface area contributed by atoms with Gasteiger partial charge in [-0.1, -0.05) is 66.7 Å². The average molecular weight is 342 g/mol. The first kappa shape index (κ1) is 16.2. The zero-order chi connectivity index (χ0) is 17.8. The van der Waals surface area contributed by atoms with Crippen molar-refractivity contribution in [3.05, 3.63) is 95.6 Å². The molecule has 0 spiro atoms. The predicted molar refractivity (Wildman–Crippen MR) is 98.8 cm³/mol. The van der Waals surface area contributed by atoms with Gasteiger partial charge >= 0.3 is 0 Å². The Labute approximate surface area is 152 Å². The molecule has 1 heterocycles. The quantitative estimate of drug-likeness (QED) is 0.748. The van der Waals surface area contributed by atoms with Crippen LogP contribution in [0.5, 0.6) is 11.5 Å². The van der Waals surface area contributed by atoms with Gasteiger partial charge in [0.1, 0.15) is 6.04 Å². The lowest BCUT2D eigenvalue weighted by molar-refractivity contribution is 0.174. The van der Waals surface area contributed by atoms with Crippen LogP contribution in [0.25, 0.3) is 0 Å². The van der Waals surface area contributed by atoms with Crippen molar-refractivity contribution in [3.63, 3.8) is 0 Å². The number of rotatable bonds is 5. The van der Waals surface area contributed by atoms with Crippen molar-refractivity contribution >= 4 is 0 Å². The van der Waals surface area contributed by atoms with Crippen LogP contribution in [0.3, 0.4) is 0 Å². The van der Waals surface area contributed by atoms with Crippen LogP contribution in [0.1, 0.15) is 28.8 Å². The van der Waals surface area contributed by atoms with E-state index in [0.29, 0.717) is 11.5 Å². The summed E-state index contributed by atoms with van der Waals surface area (Å²) in [6, 6.07) is 27.7. The number of hydrogen-bond donors (Lipinski definition) is 1. The van der Waals surface area contributed by atoms with Gasteiger partial charge in [-0.3, -0.25) is 5.32 Å². The predicted octanol–water partition coefficient (Wildman–Crippen LogP) is 4.36. The van der Waals surface area contributed by atoms with Crippen LogP contribution in [0.2, 0.25) is 0 Å². The smallest absolute Gasteiger partial charge is 0.231 e. The Balaban J connectivity index is 1.67. The average Bonchev–Trinajstić information content (AvgIpc) is 3.18. The Morgan fingerprint density at radius 1 is 0.769 bits per heavy atom. The van der Waals surface area contributed by atoms with E-state index < -0.39 is 6.04 Å². The molecule has 0 bridgehead atoms. The molecule has 26 heavy (non-hydrogen) atoms. The third-order valence-electron chi connectivity index (χ3n) is 4.46. The number of nitriles is 1. The van der Waals surface area contributed by atoms with Gasteiger partial charge < -0.3 is 9.47 Å². The molecule has 1 atom stereocenters. The minimum Gasteiger partial charge on any atom is -0.454 e. The lowest BCUT2D eigenvalue weighted by atomic mass is 9.96. The highest BCUT2D eigenvalue weighted by molar-refractivity contribution is 5.46. The van der Waals surface area contributed by atoms with Gasteiger partial charge in [-0.2, -0.15) is 5.26 Å². The van der Waals surface area contributed by atoms with Gasteiger partial charge in [-0.05, 0) is 28.8 Å². The van der Waals surface area contributed by atoms with E-state index in [1.807, 2.05) is 54.6 Å². The first-order valence-electron chi connectivity index (χ1n) is 8.50. The fraction of sp³-hybridized carbons (Fsp3) is 0.136. The summed E-state index contributed by atoms with van der Waals surface area (Å²) in [5.74, 6) is 1.40. The van der Waals surface area contributed by atoms with E-state index in [1.165, 1.54) is 0 Å². The minimum atomic E-state index is -0.477. The molecule has 4 heteroatoms. The first-order valence-corrected chi connectivity index (χ1v) is 8.50. The summed E-state index contributed by atoms with van der Waals surface area (Å²) in [5, 5.41) is 13.3. The van der Waals surface area contributed by atoms with Crippen LogP contribution in [0, 0.1) is 11.3 Å². The fourth-order valence-corrected chi connectivity index (χ4v) is 3.14. The molecule has 4 nitrogen and oxygen atoms in total. The van der Waals surface area contributed by atoms with Crippen molar-refractivity contribution in [2.24, 2.45) is 0 Å². The van der Waals surface area contributed by atoms with E-state index in [2.05, 4.69) is 35.7 Å². The molecule has 128 valence electrons. The third kappa shape index (κ3) is 3.26. The molecular weight excluding hydrogens is 324 g/mol. The molecule has 1 unspecified atom stereocenters. The zero-order valence-electron chi connectivity index (χ0n) is 14.1. The molecule has 3 aromatic rings. The van der Waals surface area contributed by atoms with E-state index in [0.717, 1.165) is 16.7 Å². The number of ether oxygens (including phenoxy) is 2. The summed E-state index contributed by atoms with van der Waals surface area (Å²) in [6.45, 7) is 0.222. The number of nitrogens with zero attached hydrogens (tertiary/aromatic N) is 1. The van der Waals surface area contributed by atoms with Crippen LogP contribution in [-0.2, 0) is 0 Å². The van der Waals surface area contributed by atoms with Crippen LogP contribution < -0.4 is 14.8 Å². The number of nitrogens with one attached hydrogen (secondary N) is 1. The van der Waals surface area contributed by atoms with Gasteiger partial charge in [0.2, 0.25) is 6.79 Å². The van der Waals surface area contributed by atoms with Crippen molar-refractivity contribution in [2.75, 3.05) is 6.79 Å². The van der Waals surface area contributed by atoms with E-state index in [9.17, 15) is 5.26 Å². The normalized spacial score (nSPS) is 13.4. The summed E-state index contributed by atoms with van der Waals surface area (Å²) in [6.07, 6.45) is 0. The SMILES string of the molecule is N#CC(NC(c1ccccc1)c1ccccc1)c1ccc2c(c1)OCO2. The molecule has 1 aliphatic heterocycles. The van der Waals surface area contributed by atoms with Gasteiger partial charge in [0, 0.05) is 0 Å². The molecular formula is C22H18N2O2. The maximum atomic E-state index is 9.79. The Morgan fingerprint density at radius 2 is 1.38 bits per heavy atom. The molecule has 0 saturated heterocycles. The number of fused-ring (bicyclic) bond motifs is 1. The Kier molecular flexibility index (Phi) is 4.55. The molecule has 0 amide bonds. The molecule has 1 aliphatic rings. The maximum Gasteiger partial charge on any atom is 0.231 e. The Hall–Kier alpha value is -3.29. The Bertz CT molecular complexity index is 880. The highest BCUT2D eigenvalue weighted by Crippen LogP contribution is 2.35. The Morgan fingerprint density at radius 3 is 2.00 bits per heavy atom. The molecule has 0 fully saturated rings. The van der Waals surface area contributed by atoms with Crippen LogP contribution in [0.15, 0.2) is 78.9 Å². The molecule has 1 N–H and O–H groups in total. The van der Waals surface area contributed by atoms with Gasteiger partial charge in [-0.15, -0.1) is 0 Å². The van der Waals surface area contributed by atoms with Gasteiger partial charge in [0.25, 0.3) is 0 Å². The largest absolute Gasteiger partial charge is 0.454 e. The van der Waals surface area contributed by atoms with E-state index >= 15 is 0 Å². The minimum absolute atomic E-state index is 0.0903. The highest BCUT2D eigenvalue weighted by atomic mass is 16.7. The van der Waals surface area contributed by atoms with Crippen molar-refractivity contribution < 1.29 is 9.47 Å². The van der Waals surface area contributed by atoms with Gasteiger partial charge in [0.15, 0.2) is 11.5 Å².